The van der Waals surface area contributed by atoms with E-state index in [0.717, 1.165) is 33.7 Å². The molecule has 0 saturated carbocycles. The molecule has 1 fully saturated rings. The predicted octanol–water partition coefficient (Wildman–Crippen LogP) is 4.85. The van der Waals surface area contributed by atoms with Crippen LogP contribution in [0, 0.1) is 0 Å². The number of hydrogen-bond acceptors (Lipinski definition) is 4. The second-order valence-corrected chi connectivity index (χ2v) is 9.17. The van der Waals surface area contributed by atoms with Gasteiger partial charge in [-0.05, 0) is 58.3 Å². The molecule has 1 N–H and O–H groups in total. The minimum absolute atomic E-state index is 0.108. The number of carbonyl (C=O) groups excluding carboxylic acids is 1. The van der Waals surface area contributed by atoms with E-state index in [0.29, 0.717) is 30.6 Å². The van der Waals surface area contributed by atoms with Gasteiger partial charge in [0.05, 0.1) is 18.8 Å². The summed E-state index contributed by atoms with van der Waals surface area (Å²) >= 11 is 1.58. The van der Waals surface area contributed by atoms with Crippen LogP contribution in [0.2, 0.25) is 0 Å². The van der Waals surface area contributed by atoms with Gasteiger partial charge in [-0.3, -0.25) is 4.79 Å². The van der Waals surface area contributed by atoms with Gasteiger partial charge >= 0.3 is 6.18 Å². The summed E-state index contributed by atoms with van der Waals surface area (Å²) < 4.78 is 43.7. The normalized spacial score (nSPS) is 17.6. The van der Waals surface area contributed by atoms with E-state index in [1.165, 1.54) is 12.1 Å². The van der Waals surface area contributed by atoms with Gasteiger partial charge in [-0.2, -0.15) is 13.2 Å². The number of amides is 1. The molecule has 8 heteroatoms. The molecule has 2 aliphatic rings. The van der Waals surface area contributed by atoms with Gasteiger partial charge in [0.2, 0.25) is 0 Å². The maximum absolute atomic E-state index is 13.1. The van der Waals surface area contributed by atoms with E-state index in [-0.39, 0.29) is 19.1 Å². The number of ether oxygens (including phenoxy) is 1. The molecule has 32 heavy (non-hydrogen) atoms. The van der Waals surface area contributed by atoms with Crippen molar-refractivity contribution in [3.63, 3.8) is 0 Å². The zero-order chi connectivity index (χ0) is 22.5. The molecular formula is C24H20F3NO3S. The van der Waals surface area contributed by atoms with Crippen LogP contribution < -0.4 is 0 Å². The molecule has 166 valence electrons. The van der Waals surface area contributed by atoms with Crippen LogP contribution in [0.15, 0.2) is 53.9 Å². The zero-order valence-electron chi connectivity index (χ0n) is 17.0. The van der Waals surface area contributed by atoms with Gasteiger partial charge in [-0.1, -0.05) is 24.3 Å². The fourth-order valence-electron chi connectivity index (χ4n) is 4.13. The number of alkyl halides is 3. The summed E-state index contributed by atoms with van der Waals surface area (Å²) in [6.45, 7) is 1.49. The molecule has 0 aliphatic carbocycles. The van der Waals surface area contributed by atoms with Crippen molar-refractivity contribution in [2.45, 2.75) is 24.7 Å². The summed E-state index contributed by atoms with van der Waals surface area (Å²) in [5, 5.41) is 12.3. The fraction of sp³-hybridized carbons (Fsp3) is 0.292. The van der Waals surface area contributed by atoms with E-state index in [9.17, 15) is 23.1 Å². The van der Waals surface area contributed by atoms with Crippen LogP contribution in [0.25, 0.3) is 11.1 Å². The van der Waals surface area contributed by atoms with Crippen molar-refractivity contribution in [1.29, 1.82) is 0 Å². The quantitative estimate of drug-likeness (QED) is 0.609. The molecule has 1 saturated heterocycles. The van der Waals surface area contributed by atoms with Crippen molar-refractivity contribution in [2.75, 3.05) is 19.8 Å². The van der Waals surface area contributed by atoms with Crippen LogP contribution in [0.1, 0.15) is 31.9 Å². The summed E-state index contributed by atoms with van der Waals surface area (Å²) in [5.41, 5.74) is 2.19. The van der Waals surface area contributed by atoms with E-state index in [4.69, 9.17) is 4.74 Å². The van der Waals surface area contributed by atoms with E-state index < -0.39 is 17.3 Å². The monoisotopic (exact) mass is 459 g/mol. The number of fused-ring (bicyclic) bond motifs is 1. The highest BCUT2D eigenvalue weighted by molar-refractivity contribution is 7.10. The standard InChI is InChI=1S/C24H20F3NO3S/c25-24(26,27)18-7-1-15(2-8-18)20-12-32-21-9-10-28(11-19(20)21)22(29)16-3-5-17(6-4-16)23(30)13-31-14-23/h1-8,12,30H,9-11,13-14H2. The first kappa shape index (κ1) is 21.2. The number of thiophene rings is 1. The van der Waals surface area contributed by atoms with Gasteiger partial charge in [-0.25, -0.2) is 0 Å². The average molecular weight is 459 g/mol. The second-order valence-electron chi connectivity index (χ2n) is 8.20. The molecule has 2 aromatic carbocycles. The summed E-state index contributed by atoms with van der Waals surface area (Å²) in [6, 6.07) is 12.1. The lowest BCUT2D eigenvalue weighted by molar-refractivity contribution is -0.184. The third kappa shape index (κ3) is 3.72. The molecule has 2 aliphatic heterocycles. The average Bonchev–Trinajstić information content (AvgIpc) is 3.20. The topological polar surface area (TPSA) is 49.8 Å². The number of halogens is 3. The Balaban J connectivity index is 1.35. The van der Waals surface area contributed by atoms with E-state index >= 15 is 0 Å². The maximum Gasteiger partial charge on any atom is 0.416 e. The van der Waals surface area contributed by atoms with Gasteiger partial charge in [0, 0.05) is 23.5 Å². The Morgan fingerprint density at radius 1 is 1.06 bits per heavy atom. The van der Waals surface area contributed by atoms with Gasteiger partial charge in [0.25, 0.3) is 5.91 Å². The van der Waals surface area contributed by atoms with Crippen LogP contribution >= 0.6 is 11.3 Å². The Kier molecular flexibility index (Phi) is 5.11. The van der Waals surface area contributed by atoms with Crippen LogP contribution in [-0.4, -0.2) is 35.7 Å². The van der Waals surface area contributed by atoms with Crippen LogP contribution in [-0.2, 0) is 29.5 Å². The minimum Gasteiger partial charge on any atom is -0.380 e. The van der Waals surface area contributed by atoms with Crippen molar-refractivity contribution in [1.82, 2.24) is 4.90 Å². The van der Waals surface area contributed by atoms with Gasteiger partial charge in [-0.15, -0.1) is 11.3 Å². The number of nitrogens with zero attached hydrogens (tertiary/aromatic N) is 1. The van der Waals surface area contributed by atoms with Gasteiger partial charge < -0.3 is 14.7 Å². The van der Waals surface area contributed by atoms with Crippen molar-refractivity contribution in [3.05, 3.63) is 81.0 Å². The molecule has 0 radical (unpaired) electrons. The highest BCUT2D eigenvalue weighted by atomic mass is 32.1. The fourth-order valence-corrected chi connectivity index (χ4v) is 5.20. The SMILES string of the molecule is O=C(c1ccc(C2(O)COC2)cc1)N1CCc2scc(-c3ccc(C(F)(F)F)cc3)c2C1. The molecule has 3 heterocycles. The van der Waals surface area contributed by atoms with Crippen LogP contribution in [0.5, 0.6) is 0 Å². The van der Waals surface area contributed by atoms with E-state index in [1.807, 2.05) is 5.38 Å². The smallest absolute Gasteiger partial charge is 0.380 e. The first-order valence-electron chi connectivity index (χ1n) is 10.2. The molecular weight excluding hydrogens is 439 g/mol. The molecule has 5 rings (SSSR count). The molecule has 0 unspecified atom stereocenters. The number of benzene rings is 2. The first-order chi connectivity index (χ1) is 15.2. The Morgan fingerprint density at radius 2 is 1.75 bits per heavy atom. The summed E-state index contributed by atoms with van der Waals surface area (Å²) in [5.74, 6) is -0.108. The zero-order valence-corrected chi connectivity index (χ0v) is 17.8. The van der Waals surface area contributed by atoms with Crippen molar-refractivity contribution >= 4 is 17.2 Å². The number of rotatable bonds is 3. The van der Waals surface area contributed by atoms with Crippen molar-refractivity contribution in [2.24, 2.45) is 0 Å². The molecule has 3 aromatic rings. The van der Waals surface area contributed by atoms with Crippen molar-refractivity contribution < 1.29 is 27.8 Å². The number of carbonyl (C=O) groups is 1. The van der Waals surface area contributed by atoms with Gasteiger partial charge in [0.15, 0.2) is 0 Å². The lowest BCUT2D eigenvalue weighted by atomic mass is 9.91. The number of hydrogen-bond donors (Lipinski definition) is 1. The van der Waals surface area contributed by atoms with Crippen LogP contribution in [0.3, 0.4) is 0 Å². The Bertz CT molecular complexity index is 1150. The molecule has 0 bridgehead atoms. The second kappa shape index (κ2) is 7.72. The largest absolute Gasteiger partial charge is 0.416 e. The Hall–Kier alpha value is -2.68. The van der Waals surface area contributed by atoms with Crippen molar-refractivity contribution in [3.8, 4) is 11.1 Å². The Morgan fingerprint density at radius 3 is 2.34 bits per heavy atom. The van der Waals surface area contributed by atoms with Crippen LogP contribution in [0.4, 0.5) is 13.2 Å². The minimum atomic E-state index is -4.37. The highest BCUT2D eigenvalue weighted by Crippen LogP contribution is 2.37. The third-order valence-electron chi connectivity index (χ3n) is 6.10. The maximum atomic E-state index is 13.1. The summed E-state index contributed by atoms with van der Waals surface area (Å²) in [4.78, 5) is 16.0. The van der Waals surface area contributed by atoms with Gasteiger partial charge in [0.1, 0.15) is 5.60 Å². The lowest BCUT2D eigenvalue weighted by Gasteiger charge is -2.36. The predicted molar refractivity (Wildman–Crippen MR) is 114 cm³/mol. The molecule has 4 nitrogen and oxygen atoms in total. The number of aliphatic hydroxyl groups is 1. The molecule has 0 atom stereocenters. The summed E-state index contributed by atoms with van der Waals surface area (Å²) in [6.07, 6.45) is -3.66. The molecule has 1 amide bonds. The first-order valence-corrected chi connectivity index (χ1v) is 11.1. The van der Waals surface area contributed by atoms with E-state index in [2.05, 4.69) is 0 Å². The third-order valence-corrected chi connectivity index (χ3v) is 7.19. The summed E-state index contributed by atoms with van der Waals surface area (Å²) in [7, 11) is 0. The Labute approximate surface area is 186 Å². The lowest BCUT2D eigenvalue weighted by Crippen LogP contribution is -2.46. The molecule has 1 aromatic heterocycles. The molecule has 0 spiro atoms. The highest BCUT2D eigenvalue weighted by Gasteiger charge is 2.38. The van der Waals surface area contributed by atoms with E-state index in [1.54, 1.807) is 40.5 Å².